The van der Waals surface area contributed by atoms with Gasteiger partial charge in [0.05, 0.1) is 0 Å². The smallest absolute Gasteiger partial charge is 0.276 e. The van der Waals surface area contributed by atoms with Gasteiger partial charge in [0.1, 0.15) is 5.75 Å². The van der Waals surface area contributed by atoms with Gasteiger partial charge in [-0.05, 0) is 30.9 Å². The largest absolute Gasteiger partial charge is 0.505 e. The second-order valence-electron chi connectivity index (χ2n) is 4.56. The summed E-state index contributed by atoms with van der Waals surface area (Å²) in [4.78, 5) is 17.8. The Morgan fingerprint density at radius 1 is 1.56 bits per heavy atom. The van der Waals surface area contributed by atoms with Crippen LogP contribution in [-0.2, 0) is 4.74 Å². The highest BCUT2D eigenvalue weighted by molar-refractivity contribution is 5.94. The van der Waals surface area contributed by atoms with E-state index in [9.17, 15) is 9.90 Å². The van der Waals surface area contributed by atoms with Crippen LogP contribution in [0.2, 0.25) is 0 Å². The van der Waals surface area contributed by atoms with Crippen molar-refractivity contribution in [3.63, 3.8) is 0 Å². The fourth-order valence-electron chi connectivity index (χ4n) is 2.25. The summed E-state index contributed by atoms with van der Waals surface area (Å²) in [5.41, 5.74) is 0.141. The van der Waals surface area contributed by atoms with Crippen molar-refractivity contribution in [2.45, 2.75) is 12.8 Å². The number of hydrogen-bond acceptors (Lipinski definition) is 4. The standard InChI is InChI=1S/C13H18N2O3/c1-18-9-10-4-7-15(8-5-10)13(17)12-11(16)3-2-6-14-12/h2-3,6,10,16H,4-5,7-9H2,1H3. The van der Waals surface area contributed by atoms with Crippen LogP contribution in [0.3, 0.4) is 0 Å². The molecule has 0 atom stereocenters. The third-order valence-corrected chi connectivity index (χ3v) is 3.29. The van der Waals surface area contributed by atoms with E-state index in [4.69, 9.17) is 4.74 Å². The highest BCUT2D eigenvalue weighted by Crippen LogP contribution is 2.21. The topological polar surface area (TPSA) is 62.7 Å². The summed E-state index contributed by atoms with van der Waals surface area (Å²) in [6.07, 6.45) is 3.39. The first-order valence-corrected chi connectivity index (χ1v) is 6.14. The van der Waals surface area contributed by atoms with E-state index in [1.165, 1.54) is 12.3 Å². The third kappa shape index (κ3) is 2.79. The van der Waals surface area contributed by atoms with Crippen LogP contribution in [0.15, 0.2) is 18.3 Å². The molecule has 18 heavy (non-hydrogen) atoms. The highest BCUT2D eigenvalue weighted by atomic mass is 16.5. The highest BCUT2D eigenvalue weighted by Gasteiger charge is 2.25. The summed E-state index contributed by atoms with van der Waals surface area (Å²) < 4.78 is 5.12. The lowest BCUT2D eigenvalue weighted by molar-refractivity contribution is 0.0605. The summed E-state index contributed by atoms with van der Waals surface area (Å²) in [6, 6.07) is 3.09. The normalized spacial score (nSPS) is 16.8. The van der Waals surface area contributed by atoms with Crippen molar-refractivity contribution < 1.29 is 14.6 Å². The van der Waals surface area contributed by atoms with E-state index in [-0.39, 0.29) is 17.4 Å². The van der Waals surface area contributed by atoms with Gasteiger partial charge >= 0.3 is 0 Å². The molecule has 0 spiro atoms. The lowest BCUT2D eigenvalue weighted by atomic mass is 9.97. The van der Waals surface area contributed by atoms with Crippen LogP contribution in [0.5, 0.6) is 5.75 Å². The lowest BCUT2D eigenvalue weighted by Gasteiger charge is -2.31. The summed E-state index contributed by atoms with van der Waals surface area (Å²) in [7, 11) is 1.70. The second kappa shape index (κ2) is 5.82. The number of amides is 1. The fourth-order valence-corrected chi connectivity index (χ4v) is 2.25. The number of piperidine rings is 1. The molecule has 0 aliphatic carbocycles. The minimum Gasteiger partial charge on any atom is -0.505 e. The van der Waals surface area contributed by atoms with Crippen molar-refractivity contribution in [2.75, 3.05) is 26.8 Å². The van der Waals surface area contributed by atoms with Gasteiger partial charge in [-0.2, -0.15) is 0 Å². The summed E-state index contributed by atoms with van der Waals surface area (Å²) >= 11 is 0. The Bertz CT molecular complexity index is 414. The van der Waals surface area contributed by atoms with Gasteiger partial charge in [-0.15, -0.1) is 0 Å². The van der Waals surface area contributed by atoms with Crippen LogP contribution < -0.4 is 0 Å². The average molecular weight is 250 g/mol. The first-order chi connectivity index (χ1) is 8.72. The Morgan fingerprint density at radius 2 is 2.28 bits per heavy atom. The van der Waals surface area contributed by atoms with E-state index in [1.807, 2.05) is 0 Å². The molecule has 1 amide bonds. The monoisotopic (exact) mass is 250 g/mol. The minimum absolute atomic E-state index is 0.0542. The Morgan fingerprint density at radius 3 is 2.89 bits per heavy atom. The van der Waals surface area contributed by atoms with Gasteiger partial charge in [0.25, 0.3) is 5.91 Å². The predicted octanol–water partition coefficient (Wildman–Crippen LogP) is 1.29. The van der Waals surface area contributed by atoms with E-state index in [2.05, 4.69) is 4.98 Å². The molecule has 5 heteroatoms. The third-order valence-electron chi connectivity index (χ3n) is 3.29. The maximum absolute atomic E-state index is 12.2. The number of aromatic nitrogens is 1. The number of nitrogens with zero attached hydrogens (tertiary/aromatic N) is 2. The molecular weight excluding hydrogens is 232 g/mol. The molecule has 1 fully saturated rings. The average Bonchev–Trinajstić information content (AvgIpc) is 2.40. The number of methoxy groups -OCH3 is 1. The Kier molecular flexibility index (Phi) is 4.15. The molecule has 1 saturated heterocycles. The number of carbonyl (C=O) groups excluding carboxylic acids is 1. The number of rotatable bonds is 3. The Hall–Kier alpha value is -1.62. The molecular formula is C13H18N2O3. The molecule has 1 aliphatic rings. The molecule has 0 unspecified atom stereocenters. The van der Waals surface area contributed by atoms with Crippen LogP contribution in [0, 0.1) is 5.92 Å². The summed E-state index contributed by atoms with van der Waals surface area (Å²) in [5, 5.41) is 9.62. The van der Waals surface area contributed by atoms with Crippen LogP contribution >= 0.6 is 0 Å². The molecule has 1 N–H and O–H groups in total. The number of carbonyl (C=O) groups is 1. The zero-order valence-corrected chi connectivity index (χ0v) is 10.5. The summed E-state index contributed by atoms with van der Waals surface area (Å²) in [5.74, 6) is 0.280. The van der Waals surface area contributed by atoms with E-state index in [0.29, 0.717) is 19.0 Å². The van der Waals surface area contributed by atoms with Gasteiger partial charge in [-0.25, -0.2) is 4.98 Å². The lowest BCUT2D eigenvalue weighted by Crippen LogP contribution is -2.39. The Balaban J connectivity index is 1.98. The van der Waals surface area contributed by atoms with Crippen LogP contribution in [0.25, 0.3) is 0 Å². The molecule has 2 rings (SSSR count). The van der Waals surface area contributed by atoms with Gasteiger partial charge in [-0.1, -0.05) is 0 Å². The Labute approximate surface area is 106 Å². The quantitative estimate of drug-likeness (QED) is 0.878. The first-order valence-electron chi connectivity index (χ1n) is 6.14. The molecule has 1 aromatic rings. The zero-order chi connectivity index (χ0) is 13.0. The maximum atomic E-state index is 12.2. The van der Waals surface area contributed by atoms with Gasteiger partial charge in [-0.3, -0.25) is 4.79 Å². The van der Waals surface area contributed by atoms with Crippen molar-refractivity contribution in [1.29, 1.82) is 0 Å². The second-order valence-corrected chi connectivity index (χ2v) is 4.56. The van der Waals surface area contributed by atoms with E-state index in [1.54, 1.807) is 18.1 Å². The number of aromatic hydroxyl groups is 1. The SMILES string of the molecule is COCC1CCN(C(=O)c2ncccc2O)CC1. The fraction of sp³-hybridized carbons (Fsp3) is 0.538. The molecule has 1 aromatic heterocycles. The van der Waals surface area contributed by atoms with Gasteiger partial charge in [0.2, 0.25) is 0 Å². The number of pyridine rings is 1. The molecule has 0 bridgehead atoms. The van der Waals surface area contributed by atoms with E-state index < -0.39 is 0 Å². The molecule has 0 aromatic carbocycles. The molecule has 1 aliphatic heterocycles. The molecule has 5 nitrogen and oxygen atoms in total. The number of likely N-dealkylation sites (tertiary alicyclic amines) is 1. The van der Waals surface area contributed by atoms with Crippen LogP contribution in [0.4, 0.5) is 0 Å². The van der Waals surface area contributed by atoms with Gasteiger partial charge < -0.3 is 14.7 Å². The maximum Gasteiger partial charge on any atom is 0.276 e. The first kappa shape index (κ1) is 12.8. The molecule has 98 valence electrons. The van der Waals surface area contributed by atoms with E-state index >= 15 is 0 Å². The molecule has 0 radical (unpaired) electrons. The van der Waals surface area contributed by atoms with Gasteiger partial charge in [0.15, 0.2) is 5.69 Å². The molecule has 2 heterocycles. The summed E-state index contributed by atoms with van der Waals surface area (Å²) in [6.45, 7) is 2.14. The van der Waals surface area contributed by atoms with E-state index in [0.717, 1.165) is 19.4 Å². The van der Waals surface area contributed by atoms with Crippen molar-refractivity contribution in [1.82, 2.24) is 9.88 Å². The van der Waals surface area contributed by atoms with Crippen molar-refractivity contribution in [2.24, 2.45) is 5.92 Å². The van der Waals surface area contributed by atoms with Crippen molar-refractivity contribution in [3.05, 3.63) is 24.0 Å². The number of ether oxygens (including phenoxy) is 1. The number of hydrogen-bond donors (Lipinski definition) is 1. The van der Waals surface area contributed by atoms with Crippen LogP contribution in [-0.4, -0.2) is 47.7 Å². The minimum atomic E-state index is -0.191. The van der Waals surface area contributed by atoms with Gasteiger partial charge in [0, 0.05) is 33.0 Å². The zero-order valence-electron chi connectivity index (χ0n) is 10.5. The van der Waals surface area contributed by atoms with Crippen molar-refractivity contribution in [3.8, 4) is 5.75 Å². The molecule has 0 saturated carbocycles. The van der Waals surface area contributed by atoms with Crippen molar-refractivity contribution >= 4 is 5.91 Å². The predicted molar refractivity (Wildman–Crippen MR) is 66.4 cm³/mol. The van der Waals surface area contributed by atoms with Crippen LogP contribution in [0.1, 0.15) is 23.3 Å².